The van der Waals surface area contributed by atoms with Gasteiger partial charge in [0.2, 0.25) is 5.91 Å². The van der Waals surface area contributed by atoms with Gasteiger partial charge >= 0.3 is 5.76 Å². The molecule has 5 heteroatoms. The number of aryl methyl sites for hydroxylation is 1. The van der Waals surface area contributed by atoms with E-state index in [9.17, 15) is 9.59 Å². The van der Waals surface area contributed by atoms with Crippen molar-refractivity contribution in [3.05, 3.63) is 34.3 Å². The highest BCUT2D eigenvalue weighted by Gasteiger charge is 2.14. The molecular formula is C17H22N2O3. The third-order valence-electron chi connectivity index (χ3n) is 4.34. The minimum atomic E-state index is -0.446. The zero-order valence-corrected chi connectivity index (χ0v) is 12.7. The topological polar surface area (TPSA) is 75.1 Å². The Hall–Kier alpha value is -2.04. The molecule has 1 heterocycles. The number of oxazole rings is 1. The second-order valence-corrected chi connectivity index (χ2v) is 6.10. The first kappa shape index (κ1) is 14.9. The maximum Gasteiger partial charge on any atom is 0.417 e. The summed E-state index contributed by atoms with van der Waals surface area (Å²) in [5.74, 6) is -0.328. The summed E-state index contributed by atoms with van der Waals surface area (Å²) in [5, 5.41) is 3.16. The van der Waals surface area contributed by atoms with Crippen LogP contribution in [0.25, 0.3) is 11.1 Å². The molecule has 1 amide bonds. The summed E-state index contributed by atoms with van der Waals surface area (Å²) in [5.41, 5.74) is 2.27. The minimum Gasteiger partial charge on any atom is -0.408 e. The minimum absolute atomic E-state index is 0.118. The Kier molecular flexibility index (Phi) is 4.61. The van der Waals surface area contributed by atoms with E-state index in [2.05, 4.69) is 10.3 Å². The van der Waals surface area contributed by atoms with Crippen LogP contribution in [-0.4, -0.2) is 16.9 Å². The molecule has 2 aromatic rings. The Balaban J connectivity index is 1.53. The number of carbonyl (C=O) groups excluding carboxylic acids is 1. The summed E-state index contributed by atoms with van der Waals surface area (Å²) in [4.78, 5) is 25.8. The van der Waals surface area contributed by atoms with E-state index < -0.39 is 5.76 Å². The molecule has 1 aromatic carbocycles. The highest BCUT2D eigenvalue weighted by Crippen LogP contribution is 2.18. The third-order valence-corrected chi connectivity index (χ3v) is 4.34. The van der Waals surface area contributed by atoms with Gasteiger partial charge in [-0.3, -0.25) is 9.78 Å². The lowest BCUT2D eigenvalue weighted by Crippen LogP contribution is -2.34. The third kappa shape index (κ3) is 3.78. The van der Waals surface area contributed by atoms with Crippen molar-refractivity contribution in [1.82, 2.24) is 10.3 Å². The highest BCUT2D eigenvalue weighted by molar-refractivity contribution is 5.77. The summed E-state index contributed by atoms with van der Waals surface area (Å²) >= 11 is 0. The molecule has 5 nitrogen and oxygen atoms in total. The van der Waals surface area contributed by atoms with Gasteiger partial charge in [0.05, 0.1) is 5.52 Å². The number of H-pyrrole nitrogens is 1. The first-order valence-corrected chi connectivity index (χ1v) is 8.12. The van der Waals surface area contributed by atoms with Crippen molar-refractivity contribution in [2.75, 3.05) is 0 Å². The van der Waals surface area contributed by atoms with E-state index in [1.165, 1.54) is 25.7 Å². The van der Waals surface area contributed by atoms with E-state index in [1.807, 2.05) is 12.1 Å². The van der Waals surface area contributed by atoms with Crippen molar-refractivity contribution in [3.8, 4) is 0 Å². The molecule has 0 aliphatic heterocycles. The number of benzene rings is 1. The molecule has 0 bridgehead atoms. The summed E-state index contributed by atoms with van der Waals surface area (Å²) in [6.07, 6.45) is 8.36. The van der Waals surface area contributed by atoms with Gasteiger partial charge < -0.3 is 9.73 Å². The number of hydrogen-bond acceptors (Lipinski definition) is 3. The fourth-order valence-electron chi connectivity index (χ4n) is 3.14. The summed E-state index contributed by atoms with van der Waals surface area (Å²) < 4.78 is 4.97. The van der Waals surface area contributed by atoms with E-state index in [1.54, 1.807) is 6.07 Å². The molecule has 3 rings (SSSR count). The molecule has 0 saturated heterocycles. The van der Waals surface area contributed by atoms with Crippen LogP contribution >= 0.6 is 0 Å². The second kappa shape index (κ2) is 6.81. The molecule has 1 aliphatic carbocycles. The highest BCUT2D eigenvalue weighted by atomic mass is 16.4. The summed E-state index contributed by atoms with van der Waals surface area (Å²) in [6.45, 7) is 0. The maximum absolute atomic E-state index is 12.1. The van der Waals surface area contributed by atoms with Crippen LogP contribution in [0.4, 0.5) is 0 Å². The van der Waals surface area contributed by atoms with E-state index >= 15 is 0 Å². The van der Waals surface area contributed by atoms with Gasteiger partial charge in [-0.25, -0.2) is 4.79 Å². The Morgan fingerprint density at radius 3 is 2.77 bits per heavy atom. The predicted molar refractivity (Wildman–Crippen MR) is 84.8 cm³/mol. The van der Waals surface area contributed by atoms with E-state index in [4.69, 9.17) is 4.42 Å². The van der Waals surface area contributed by atoms with Crippen LogP contribution in [0.1, 0.15) is 50.5 Å². The maximum atomic E-state index is 12.1. The van der Waals surface area contributed by atoms with Crippen molar-refractivity contribution in [3.63, 3.8) is 0 Å². The van der Waals surface area contributed by atoms with Crippen LogP contribution in [-0.2, 0) is 11.2 Å². The lowest BCUT2D eigenvalue weighted by atomic mass is 10.1. The van der Waals surface area contributed by atoms with Gasteiger partial charge in [0.1, 0.15) is 0 Å². The first-order chi connectivity index (χ1) is 10.7. The van der Waals surface area contributed by atoms with E-state index in [-0.39, 0.29) is 5.91 Å². The van der Waals surface area contributed by atoms with Crippen molar-refractivity contribution in [2.45, 2.75) is 57.4 Å². The lowest BCUT2D eigenvalue weighted by Gasteiger charge is -2.16. The number of hydrogen-bond donors (Lipinski definition) is 2. The monoisotopic (exact) mass is 302 g/mol. The smallest absolute Gasteiger partial charge is 0.408 e. The van der Waals surface area contributed by atoms with Crippen molar-refractivity contribution in [1.29, 1.82) is 0 Å². The largest absolute Gasteiger partial charge is 0.417 e. The van der Waals surface area contributed by atoms with Gasteiger partial charge in [-0.1, -0.05) is 31.7 Å². The molecule has 0 radical (unpaired) electrons. The fourth-order valence-corrected chi connectivity index (χ4v) is 3.14. The Morgan fingerprint density at radius 1 is 1.23 bits per heavy atom. The van der Waals surface area contributed by atoms with Crippen LogP contribution < -0.4 is 11.1 Å². The van der Waals surface area contributed by atoms with Crippen molar-refractivity contribution in [2.24, 2.45) is 0 Å². The number of fused-ring (bicyclic) bond motifs is 1. The van der Waals surface area contributed by atoms with Gasteiger partial charge in [0.25, 0.3) is 0 Å². The molecule has 0 atom stereocenters. The molecule has 2 N–H and O–H groups in total. The van der Waals surface area contributed by atoms with Gasteiger partial charge in [-0.2, -0.15) is 0 Å². The van der Waals surface area contributed by atoms with Crippen LogP contribution in [0, 0.1) is 0 Å². The second-order valence-electron chi connectivity index (χ2n) is 6.10. The predicted octanol–water partition coefficient (Wildman–Crippen LogP) is 2.89. The van der Waals surface area contributed by atoms with Gasteiger partial charge in [0, 0.05) is 12.5 Å². The van der Waals surface area contributed by atoms with Crippen LogP contribution in [0.15, 0.2) is 27.4 Å². The average Bonchev–Trinajstić information content (AvgIpc) is 2.69. The lowest BCUT2D eigenvalue weighted by molar-refractivity contribution is -0.121. The molecule has 1 aromatic heterocycles. The summed E-state index contributed by atoms with van der Waals surface area (Å²) in [7, 11) is 0. The standard InChI is InChI=1S/C17H22N2O3/c20-16(18-13-5-3-1-2-4-6-13)10-8-12-7-9-15-14(11-12)19-17(21)22-15/h7,9,11,13H,1-6,8,10H2,(H,18,20)(H,19,21). The quantitative estimate of drug-likeness (QED) is 0.853. The van der Waals surface area contributed by atoms with Crippen LogP contribution in [0.2, 0.25) is 0 Å². The zero-order valence-electron chi connectivity index (χ0n) is 12.7. The van der Waals surface area contributed by atoms with Crippen molar-refractivity contribution < 1.29 is 9.21 Å². The fraction of sp³-hybridized carbons (Fsp3) is 0.529. The number of rotatable bonds is 4. The average molecular weight is 302 g/mol. The molecule has 0 spiro atoms. The van der Waals surface area contributed by atoms with E-state index in [0.29, 0.717) is 30.0 Å². The van der Waals surface area contributed by atoms with Crippen LogP contribution in [0.3, 0.4) is 0 Å². The number of nitrogens with one attached hydrogen (secondary N) is 2. The molecule has 1 fully saturated rings. The first-order valence-electron chi connectivity index (χ1n) is 8.12. The number of carbonyl (C=O) groups is 1. The normalized spacial score (nSPS) is 16.5. The Bertz CT molecular complexity index is 693. The molecule has 1 aliphatic rings. The van der Waals surface area contributed by atoms with Gasteiger partial charge in [-0.15, -0.1) is 0 Å². The number of amides is 1. The molecule has 118 valence electrons. The van der Waals surface area contributed by atoms with Gasteiger partial charge in [-0.05, 0) is 37.0 Å². The number of aromatic nitrogens is 1. The van der Waals surface area contributed by atoms with Gasteiger partial charge in [0.15, 0.2) is 5.58 Å². The SMILES string of the molecule is O=C(CCc1ccc2oc(=O)[nH]c2c1)NC1CCCCCC1. The van der Waals surface area contributed by atoms with E-state index in [0.717, 1.165) is 18.4 Å². The Labute approximate surface area is 129 Å². The molecule has 0 unspecified atom stereocenters. The molecular weight excluding hydrogens is 280 g/mol. The molecule has 22 heavy (non-hydrogen) atoms. The summed E-state index contributed by atoms with van der Waals surface area (Å²) in [6, 6.07) is 5.89. The molecule has 1 saturated carbocycles. The zero-order chi connectivity index (χ0) is 15.4. The number of aromatic amines is 1. The Morgan fingerprint density at radius 2 is 2.00 bits per heavy atom. The van der Waals surface area contributed by atoms with Crippen LogP contribution in [0.5, 0.6) is 0 Å². The van der Waals surface area contributed by atoms with Crippen molar-refractivity contribution >= 4 is 17.0 Å².